The molecule has 0 aromatic rings. The van der Waals surface area contributed by atoms with Gasteiger partial charge in [-0.1, -0.05) is 0 Å². The average Bonchev–Trinajstić information content (AvgIpc) is 2.28. The molecular formula is C10H19NO5. The van der Waals surface area contributed by atoms with Crippen molar-refractivity contribution in [2.45, 2.75) is 13.0 Å². The molecule has 0 saturated carbocycles. The van der Waals surface area contributed by atoms with Gasteiger partial charge in [0.1, 0.15) is 0 Å². The van der Waals surface area contributed by atoms with Crippen LogP contribution in [0.25, 0.3) is 0 Å². The van der Waals surface area contributed by atoms with E-state index in [1.807, 2.05) is 0 Å². The van der Waals surface area contributed by atoms with Gasteiger partial charge in [0.25, 0.3) is 0 Å². The highest BCUT2D eigenvalue weighted by Crippen LogP contribution is 2.01. The number of rotatable bonds is 6. The van der Waals surface area contributed by atoms with E-state index in [0.717, 1.165) is 0 Å². The maximum absolute atomic E-state index is 11.6. The third kappa shape index (κ3) is 4.59. The molecule has 94 valence electrons. The molecule has 16 heavy (non-hydrogen) atoms. The zero-order valence-electron chi connectivity index (χ0n) is 10.2. The van der Waals surface area contributed by atoms with Crippen LogP contribution in [0.15, 0.2) is 0 Å². The van der Waals surface area contributed by atoms with Crippen molar-refractivity contribution < 1.29 is 23.8 Å². The van der Waals surface area contributed by atoms with Crippen LogP contribution in [0.3, 0.4) is 0 Å². The lowest BCUT2D eigenvalue weighted by molar-refractivity contribution is -0.160. The lowest BCUT2D eigenvalue weighted by Gasteiger charge is -2.27. The molecule has 0 radical (unpaired) electrons. The zero-order valence-corrected chi connectivity index (χ0v) is 10.2. The van der Waals surface area contributed by atoms with Crippen molar-refractivity contribution in [3.8, 4) is 0 Å². The van der Waals surface area contributed by atoms with Gasteiger partial charge in [-0.25, -0.2) is 4.79 Å². The third-order valence-corrected chi connectivity index (χ3v) is 2.10. The minimum Gasteiger partial charge on any atom is -0.462 e. The minimum atomic E-state index is -0.876. The smallest absolute Gasteiger partial charge is 0.396 e. The number of hydrogen-bond acceptors (Lipinski definition) is 5. The van der Waals surface area contributed by atoms with Gasteiger partial charge in [0, 0.05) is 20.8 Å². The summed E-state index contributed by atoms with van der Waals surface area (Å²) in [6.45, 7) is 2.83. The van der Waals surface area contributed by atoms with Crippen molar-refractivity contribution in [2.75, 3.05) is 41.1 Å². The molecule has 0 aliphatic heterocycles. The van der Waals surface area contributed by atoms with Gasteiger partial charge < -0.3 is 19.1 Å². The molecule has 0 aliphatic rings. The van der Waals surface area contributed by atoms with Crippen molar-refractivity contribution in [2.24, 2.45) is 0 Å². The number of methoxy groups -OCH3 is 3. The van der Waals surface area contributed by atoms with Crippen LogP contribution in [0, 0.1) is 0 Å². The van der Waals surface area contributed by atoms with Crippen LogP contribution in [0.2, 0.25) is 0 Å². The topological polar surface area (TPSA) is 65.1 Å². The lowest BCUT2D eigenvalue weighted by Crippen LogP contribution is -2.46. The molecule has 0 aliphatic carbocycles. The van der Waals surface area contributed by atoms with Crippen LogP contribution in [-0.2, 0) is 23.8 Å². The summed E-state index contributed by atoms with van der Waals surface area (Å²) < 4.78 is 14.2. The summed E-state index contributed by atoms with van der Waals surface area (Å²) in [5, 5.41) is 0. The number of carbonyl (C=O) groups is 2. The molecule has 6 nitrogen and oxygen atoms in total. The number of ether oxygens (including phenoxy) is 3. The summed E-state index contributed by atoms with van der Waals surface area (Å²) in [4.78, 5) is 24.1. The fourth-order valence-electron chi connectivity index (χ4n) is 1.25. The predicted octanol–water partition coefficient (Wildman–Crippen LogP) is -0.331. The maximum Gasteiger partial charge on any atom is 0.396 e. The maximum atomic E-state index is 11.6. The van der Waals surface area contributed by atoms with E-state index in [1.54, 1.807) is 6.92 Å². The second kappa shape index (κ2) is 8.06. The first kappa shape index (κ1) is 14.9. The van der Waals surface area contributed by atoms with Gasteiger partial charge in [-0.2, -0.15) is 0 Å². The Morgan fingerprint density at radius 1 is 1.19 bits per heavy atom. The Bertz CT molecular complexity index is 231. The van der Waals surface area contributed by atoms with Gasteiger partial charge >= 0.3 is 11.9 Å². The molecule has 1 atom stereocenters. The summed E-state index contributed by atoms with van der Waals surface area (Å²) >= 11 is 0. The Morgan fingerprint density at radius 2 is 1.81 bits per heavy atom. The monoisotopic (exact) mass is 233 g/mol. The van der Waals surface area contributed by atoms with Crippen molar-refractivity contribution >= 4 is 11.9 Å². The largest absolute Gasteiger partial charge is 0.462 e. The van der Waals surface area contributed by atoms with Crippen LogP contribution < -0.4 is 0 Å². The van der Waals surface area contributed by atoms with E-state index in [2.05, 4.69) is 4.74 Å². The molecule has 1 amide bonds. The fourth-order valence-corrected chi connectivity index (χ4v) is 1.25. The van der Waals surface area contributed by atoms with Crippen molar-refractivity contribution in [3.05, 3.63) is 0 Å². The van der Waals surface area contributed by atoms with Crippen molar-refractivity contribution in [1.82, 2.24) is 4.90 Å². The number of nitrogens with zero attached hydrogens (tertiary/aromatic N) is 1. The SMILES string of the molecule is COCCN(C(=O)C(=O)OC)C(C)COC. The first-order valence-corrected chi connectivity index (χ1v) is 4.95. The summed E-state index contributed by atoms with van der Waals surface area (Å²) in [5.41, 5.74) is 0. The summed E-state index contributed by atoms with van der Waals surface area (Å²) in [5.74, 6) is -1.55. The highest BCUT2D eigenvalue weighted by atomic mass is 16.5. The fraction of sp³-hybridized carbons (Fsp3) is 0.800. The summed E-state index contributed by atoms with van der Waals surface area (Å²) in [6, 6.07) is -0.202. The predicted molar refractivity (Wildman–Crippen MR) is 56.9 cm³/mol. The molecule has 0 N–H and O–H groups in total. The van der Waals surface area contributed by atoms with E-state index in [4.69, 9.17) is 9.47 Å². The normalized spacial score (nSPS) is 12.0. The highest BCUT2D eigenvalue weighted by Gasteiger charge is 2.26. The second-order valence-corrected chi connectivity index (χ2v) is 3.29. The summed E-state index contributed by atoms with van der Waals surface area (Å²) in [7, 11) is 4.24. The van der Waals surface area contributed by atoms with Gasteiger partial charge in [0.2, 0.25) is 0 Å². The van der Waals surface area contributed by atoms with Crippen LogP contribution in [0.1, 0.15) is 6.92 Å². The Kier molecular flexibility index (Phi) is 7.49. The van der Waals surface area contributed by atoms with Crippen molar-refractivity contribution in [3.63, 3.8) is 0 Å². The molecule has 1 unspecified atom stereocenters. The number of hydrogen-bond donors (Lipinski definition) is 0. The van der Waals surface area contributed by atoms with Crippen molar-refractivity contribution in [1.29, 1.82) is 0 Å². The molecule has 0 fully saturated rings. The van der Waals surface area contributed by atoms with E-state index in [9.17, 15) is 9.59 Å². The number of esters is 1. The van der Waals surface area contributed by atoms with Crippen LogP contribution >= 0.6 is 0 Å². The molecule has 0 bridgehead atoms. The quantitative estimate of drug-likeness (QED) is 0.464. The Balaban J connectivity index is 4.51. The Morgan fingerprint density at radius 3 is 2.25 bits per heavy atom. The average molecular weight is 233 g/mol. The van der Waals surface area contributed by atoms with Crippen LogP contribution in [-0.4, -0.2) is 63.9 Å². The Hall–Kier alpha value is -1.14. The first-order chi connectivity index (χ1) is 7.58. The molecule has 0 aromatic carbocycles. The molecule has 0 saturated heterocycles. The van der Waals surface area contributed by atoms with E-state index in [-0.39, 0.29) is 6.04 Å². The lowest BCUT2D eigenvalue weighted by atomic mass is 10.3. The van der Waals surface area contributed by atoms with Gasteiger partial charge in [-0.05, 0) is 6.92 Å². The molecule has 0 heterocycles. The van der Waals surface area contributed by atoms with Gasteiger partial charge in [0.15, 0.2) is 0 Å². The molecule has 0 spiro atoms. The van der Waals surface area contributed by atoms with E-state index < -0.39 is 11.9 Å². The van der Waals surface area contributed by atoms with Gasteiger partial charge in [-0.15, -0.1) is 0 Å². The molecule has 6 heteroatoms. The number of amides is 1. The van der Waals surface area contributed by atoms with Gasteiger partial charge in [-0.3, -0.25) is 4.79 Å². The molecule has 0 rings (SSSR count). The third-order valence-electron chi connectivity index (χ3n) is 2.10. The summed E-state index contributed by atoms with van der Waals surface area (Å²) in [6.07, 6.45) is 0. The number of carbonyl (C=O) groups excluding carboxylic acids is 2. The van der Waals surface area contributed by atoms with E-state index in [0.29, 0.717) is 19.8 Å². The van der Waals surface area contributed by atoms with Crippen LogP contribution in [0.4, 0.5) is 0 Å². The minimum absolute atomic E-state index is 0.202. The van der Waals surface area contributed by atoms with Gasteiger partial charge in [0.05, 0.1) is 26.4 Å². The second-order valence-electron chi connectivity index (χ2n) is 3.29. The molecular weight excluding hydrogens is 214 g/mol. The first-order valence-electron chi connectivity index (χ1n) is 4.95. The van der Waals surface area contributed by atoms with Crippen LogP contribution in [0.5, 0.6) is 0 Å². The highest BCUT2D eigenvalue weighted by molar-refractivity contribution is 6.32. The Labute approximate surface area is 95.4 Å². The zero-order chi connectivity index (χ0) is 12.6. The van der Waals surface area contributed by atoms with E-state index in [1.165, 1.54) is 26.2 Å². The van der Waals surface area contributed by atoms with E-state index >= 15 is 0 Å². The standard InChI is InChI=1S/C10H19NO5/c1-8(7-15-3)11(5-6-14-2)9(12)10(13)16-4/h8H,5-7H2,1-4H3. The molecule has 0 aromatic heterocycles.